The first-order valence-corrected chi connectivity index (χ1v) is 8.03. The van der Waals surface area contributed by atoms with E-state index in [9.17, 15) is 22.8 Å². The summed E-state index contributed by atoms with van der Waals surface area (Å²) in [4.78, 5) is 23.5. The van der Waals surface area contributed by atoms with Crippen molar-refractivity contribution < 1.29 is 27.5 Å². The summed E-state index contributed by atoms with van der Waals surface area (Å²) in [5.74, 6) is -4.15. The van der Waals surface area contributed by atoms with Crippen LogP contribution >= 0.6 is 0 Å². The van der Waals surface area contributed by atoms with Gasteiger partial charge in [-0.05, 0) is 49.1 Å². The Hall–Kier alpha value is -2.05. The molecule has 0 radical (unpaired) electrons. The molecule has 0 unspecified atom stereocenters. The molecule has 3 atom stereocenters. The number of halogens is 3. The van der Waals surface area contributed by atoms with E-state index in [1.54, 1.807) is 0 Å². The molecule has 2 aliphatic rings. The number of anilines is 1. The van der Waals surface area contributed by atoms with Crippen molar-refractivity contribution in [3.63, 3.8) is 0 Å². The molecule has 2 saturated carbocycles. The second kappa shape index (κ2) is 6.83. The summed E-state index contributed by atoms with van der Waals surface area (Å²) in [6.07, 6.45) is 4.88. The highest BCUT2D eigenvalue weighted by atomic mass is 19.2. The molecule has 24 heavy (non-hydrogen) atoms. The molecule has 2 fully saturated rings. The fourth-order valence-electron chi connectivity index (χ4n) is 3.85. The fourth-order valence-corrected chi connectivity index (χ4v) is 3.85. The molecule has 1 amide bonds. The number of rotatable bonds is 5. The monoisotopic (exact) mass is 341 g/mol. The number of fused-ring (bicyclic) bond motifs is 2. The molecule has 130 valence electrons. The Kier molecular flexibility index (Phi) is 4.78. The van der Waals surface area contributed by atoms with Crippen molar-refractivity contribution >= 4 is 17.6 Å². The highest BCUT2D eigenvalue weighted by Gasteiger charge is 2.40. The Morgan fingerprint density at radius 3 is 2.58 bits per heavy atom. The van der Waals surface area contributed by atoms with Gasteiger partial charge in [-0.1, -0.05) is 6.42 Å². The zero-order valence-electron chi connectivity index (χ0n) is 13.0. The van der Waals surface area contributed by atoms with Crippen LogP contribution in [0, 0.1) is 35.2 Å². The van der Waals surface area contributed by atoms with Crippen LogP contribution in [0.25, 0.3) is 0 Å². The SMILES string of the molecule is O=C(COC(=O)C[C@H]1C[C@@H]2CC[C@@H]1C2)Nc1ccc(F)c(F)c1F. The predicted octanol–water partition coefficient (Wildman–Crippen LogP) is 3.41. The van der Waals surface area contributed by atoms with Gasteiger partial charge in [0.1, 0.15) is 0 Å². The molecule has 1 N–H and O–H groups in total. The quantitative estimate of drug-likeness (QED) is 0.660. The van der Waals surface area contributed by atoms with Crippen molar-refractivity contribution in [3.05, 3.63) is 29.6 Å². The summed E-state index contributed by atoms with van der Waals surface area (Å²) in [6, 6.07) is 1.61. The number of hydrogen-bond donors (Lipinski definition) is 1. The van der Waals surface area contributed by atoms with Crippen molar-refractivity contribution in [1.29, 1.82) is 0 Å². The third kappa shape index (κ3) is 3.55. The average Bonchev–Trinajstić information content (AvgIpc) is 3.16. The minimum Gasteiger partial charge on any atom is -0.456 e. The van der Waals surface area contributed by atoms with Gasteiger partial charge in [0.05, 0.1) is 5.69 Å². The average molecular weight is 341 g/mol. The number of nitrogens with one attached hydrogen (secondary N) is 1. The smallest absolute Gasteiger partial charge is 0.306 e. The van der Waals surface area contributed by atoms with Gasteiger partial charge in [-0.3, -0.25) is 9.59 Å². The first-order chi connectivity index (χ1) is 11.4. The van der Waals surface area contributed by atoms with E-state index < -0.39 is 41.6 Å². The van der Waals surface area contributed by atoms with E-state index in [1.165, 1.54) is 12.8 Å². The van der Waals surface area contributed by atoms with E-state index in [-0.39, 0.29) is 6.42 Å². The van der Waals surface area contributed by atoms with Gasteiger partial charge in [-0.15, -0.1) is 0 Å². The molecule has 1 aromatic carbocycles. The lowest BCUT2D eigenvalue weighted by Gasteiger charge is -2.20. The van der Waals surface area contributed by atoms with Crippen LogP contribution in [-0.2, 0) is 14.3 Å². The second-order valence-corrected chi connectivity index (χ2v) is 6.57. The van der Waals surface area contributed by atoms with Gasteiger partial charge >= 0.3 is 5.97 Å². The van der Waals surface area contributed by atoms with Crippen LogP contribution in [0.1, 0.15) is 32.1 Å². The standard InChI is InChI=1S/C17H18F3NO3/c18-12-3-4-13(17(20)16(12)19)21-14(22)8-24-15(23)7-11-6-9-1-2-10(11)5-9/h3-4,9-11H,1-2,5-8H2,(H,21,22)/t9-,10-,11-/m1/s1. The Morgan fingerprint density at radius 2 is 1.92 bits per heavy atom. The lowest BCUT2D eigenvalue weighted by Crippen LogP contribution is -2.23. The first-order valence-electron chi connectivity index (χ1n) is 8.03. The topological polar surface area (TPSA) is 55.4 Å². The molecule has 0 aromatic heterocycles. The van der Waals surface area contributed by atoms with Crippen LogP contribution in [0.5, 0.6) is 0 Å². The van der Waals surface area contributed by atoms with Gasteiger partial charge in [0.25, 0.3) is 5.91 Å². The third-order valence-corrected chi connectivity index (χ3v) is 4.99. The summed E-state index contributed by atoms with van der Waals surface area (Å²) >= 11 is 0. The highest BCUT2D eigenvalue weighted by molar-refractivity contribution is 5.92. The Morgan fingerprint density at radius 1 is 1.12 bits per heavy atom. The van der Waals surface area contributed by atoms with Gasteiger partial charge in [-0.25, -0.2) is 13.2 Å². The predicted molar refractivity (Wildman–Crippen MR) is 79.5 cm³/mol. The molecular formula is C17H18F3NO3. The van der Waals surface area contributed by atoms with Gasteiger partial charge in [0.2, 0.25) is 0 Å². The fraction of sp³-hybridized carbons (Fsp3) is 0.529. The number of amides is 1. The summed E-state index contributed by atoms with van der Waals surface area (Å²) in [5, 5.41) is 2.06. The third-order valence-electron chi connectivity index (χ3n) is 4.99. The van der Waals surface area contributed by atoms with E-state index in [2.05, 4.69) is 5.32 Å². The summed E-state index contributed by atoms with van der Waals surface area (Å²) in [5.41, 5.74) is -0.497. The largest absolute Gasteiger partial charge is 0.456 e. The maximum absolute atomic E-state index is 13.4. The van der Waals surface area contributed by atoms with Crippen molar-refractivity contribution in [3.8, 4) is 0 Å². The van der Waals surface area contributed by atoms with Crippen molar-refractivity contribution in [2.45, 2.75) is 32.1 Å². The second-order valence-electron chi connectivity index (χ2n) is 6.57. The molecule has 1 aromatic rings. The Balaban J connectivity index is 1.45. The van der Waals surface area contributed by atoms with Gasteiger partial charge in [-0.2, -0.15) is 0 Å². The number of ether oxygens (including phenoxy) is 1. The van der Waals surface area contributed by atoms with Crippen molar-refractivity contribution in [2.75, 3.05) is 11.9 Å². The molecule has 0 heterocycles. The van der Waals surface area contributed by atoms with E-state index in [0.29, 0.717) is 23.8 Å². The van der Waals surface area contributed by atoms with Gasteiger partial charge < -0.3 is 10.1 Å². The number of hydrogen-bond acceptors (Lipinski definition) is 3. The summed E-state index contributed by atoms with van der Waals surface area (Å²) < 4.78 is 44.2. The number of carbonyl (C=O) groups excluding carboxylic acids is 2. The van der Waals surface area contributed by atoms with Crippen LogP contribution in [0.4, 0.5) is 18.9 Å². The first kappa shape index (κ1) is 16.8. The van der Waals surface area contributed by atoms with Crippen molar-refractivity contribution in [1.82, 2.24) is 0 Å². The van der Waals surface area contributed by atoms with Gasteiger partial charge in [0.15, 0.2) is 24.1 Å². The highest BCUT2D eigenvalue weighted by Crippen LogP contribution is 2.49. The number of esters is 1. The molecule has 0 spiro atoms. The normalized spacial score (nSPS) is 24.9. The minimum absolute atomic E-state index is 0.286. The molecule has 0 saturated heterocycles. The molecular weight excluding hydrogens is 323 g/mol. The molecule has 2 aliphatic carbocycles. The van der Waals surface area contributed by atoms with Gasteiger partial charge in [0, 0.05) is 6.42 Å². The maximum Gasteiger partial charge on any atom is 0.306 e. The summed E-state index contributed by atoms with van der Waals surface area (Å²) in [7, 11) is 0. The lowest BCUT2D eigenvalue weighted by molar-refractivity contribution is -0.148. The molecule has 2 bridgehead atoms. The summed E-state index contributed by atoms with van der Waals surface area (Å²) in [6.45, 7) is -0.585. The molecule has 3 rings (SSSR count). The lowest BCUT2D eigenvalue weighted by atomic mass is 9.86. The Bertz CT molecular complexity index is 665. The van der Waals surface area contributed by atoms with Crippen LogP contribution in [0.3, 0.4) is 0 Å². The van der Waals surface area contributed by atoms with E-state index >= 15 is 0 Å². The van der Waals surface area contributed by atoms with E-state index in [0.717, 1.165) is 18.9 Å². The maximum atomic E-state index is 13.4. The van der Waals surface area contributed by atoms with Crippen LogP contribution < -0.4 is 5.32 Å². The molecule has 0 aliphatic heterocycles. The Labute approximate surface area is 137 Å². The van der Waals surface area contributed by atoms with Crippen molar-refractivity contribution in [2.24, 2.45) is 17.8 Å². The van der Waals surface area contributed by atoms with Crippen LogP contribution in [-0.4, -0.2) is 18.5 Å². The zero-order chi connectivity index (χ0) is 17.3. The van der Waals surface area contributed by atoms with Crippen LogP contribution in [0.2, 0.25) is 0 Å². The minimum atomic E-state index is -1.67. The number of benzene rings is 1. The van der Waals surface area contributed by atoms with E-state index in [4.69, 9.17) is 4.74 Å². The van der Waals surface area contributed by atoms with Crippen LogP contribution in [0.15, 0.2) is 12.1 Å². The molecule has 7 heteroatoms. The van der Waals surface area contributed by atoms with E-state index in [1.807, 2.05) is 0 Å². The number of carbonyl (C=O) groups is 2. The zero-order valence-corrected chi connectivity index (χ0v) is 13.0. The molecule has 4 nitrogen and oxygen atoms in total.